The predicted molar refractivity (Wildman–Crippen MR) is 88.0 cm³/mol. The van der Waals surface area contributed by atoms with Crippen LogP contribution in [0.4, 0.5) is 5.69 Å². The van der Waals surface area contributed by atoms with Gasteiger partial charge in [0.25, 0.3) is 0 Å². The zero-order chi connectivity index (χ0) is 15.2. The third kappa shape index (κ3) is 3.81. The normalized spacial score (nSPS) is 15.7. The Morgan fingerprint density at radius 1 is 1.18 bits per heavy atom. The zero-order valence-electron chi connectivity index (χ0n) is 13.0. The van der Waals surface area contributed by atoms with Crippen molar-refractivity contribution in [1.82, 2.24) is 14.9 Å². The Bertz CT molecular complexity index is 597. The van der Waals surface area contributed by atoms with Crippen LogP contribution in [-0.2, 0) is 4.74 Å². The molecule has 1 fully saturated rings. The second-order valence-corrected chi connectivity index (χ2v) is 5.50. The van der Waals surface area contributed by atoms with Gasteiger partial charge in [0.05, 0.1) is 13.2 Å². The molecule has 1 aromatic heterocycles. The van der Waals surface area contributed by atoms with Gasteiger partial charge in [-0.1, -0.05) is 6.07 Å². The molecule has 1 N–H and O–H groups in total. The number of hydrogen-bond donors (Lipinski definition) is 1. The van der Waals surface area contributed by atoms with Crippen molar-refractivity contribution in [2.45, 2.75) is 6.92 Å². The summed E-state index contributed by atoms with van der Waals surface area (Å²) in [5.41, 5.74) is 3.38. The van der Waals surface area contributed by atoms with Gasteiger partial charge in [-0.2, -0.15) is 0 Å². The van der Waals surface area contributed by atoms with Crippen LogP contribution in [0.2, 0.25) is 0 Å². The molecule has 22 heavy (non-hydrogen) atoms. The van der Waals surface area contributed by atoms with Gasteiger partial charge >= 0.3 is 0 Å². The Balaban J connectivity index is 1.68. The van der Waals surface area contributed by atoms with Crippen molar-refractivity contribution < 1.29 is 4.74 Å². The predicted octanol–water partition coefficient (Wildman–Crippen LogP) is 2.20. The summed E-state index contributed by atoms with van der Waals surface area (Å²) in [5, 5.41) is 3.54. The first-order valence-electron chi connectivity index (χ1n) is 7.75. The second kappa shape index (κ2) is 7.33. The molecule has 2 aromatic rings. The largest absolute Gasteiger partial charge is 0.383 e. The molecular weight excluding hydrogens is 276 g/mol. The molecule has 0 bridgehead atoms. The highest BCUT2D eigenvalue weighted by molar-refractivity contribution is 5.74. The lowest BCUT2D eigenvalue weighted by Gasteiger charge is -2.26. The van der Waals surface area contributed by atoms with Gasteiger partial charge in [0.1, 0.15) is 0 Å². The maximum Gasteiger partial charge on any atom is 0.161 e. The number of morpholine rings is 1. The highest BCUT2D eigenvalue weighted by Gasteiger charge is 2.11. The molecular formula is C17H22N4O. The third-order valence-corrected chi connectivity index (χ3v) is 3.83. The number of rotatable bonds is 5. The van der Waals surface area contributed by atoms with E-state index in [-0.39, 0.29) is 0 Å². The molecule has 1 aliphatic rings. The SMILES string of the molecule is Cc1ccc(-c2ncccn2)c(NCCN2CCOCC2)c1. The van der Waals surface area contributed by atoms with E-state index >= 15 is 0 Å². The fourth-order valence-electron chi connectivity index (χ4n) is 2.61. The lowest BCUT2D eigenvalue weighted by Crippen LogP contribution is -2.39. The number of benzene rings is 1. The number of aromatic nitrogens is 2. The first kappa shape index (κ1) is 14.9. The number of nitrogens with zero attached hydrogens (tertiary/aromatic N) is 3. The Morgan fingerprint density at radius 3 is 2.73 bits per heavy atom. The molecule has 2 heterocycles. The molecule has 3 rings (SSSR count). The topological polar surface area (TPSA) is 50.3 Å². The highest BCUT2D eigenvalue weighted by Crippen LogP contribution is 2.25. The molecule has 0 aliphatic carbocycles. The molecule has 0 spiro atoms. The summed E-state index contributed by atoms with van der Waals surface area (Å²) in [6, 6.07) is 8.18. The van der Waals surface area contributed by atoms with Crippen molar-refractivity contribution in [3.05, 3.63) is 42.2 Å². The smallest absolute Gasteiger partial charge is 0.161 e. The first-order chi connectivity index (χ1) is 10.8. The average molecular weight is 298 g/mol. The number of anilines is 1. The van der Waals surface area contributed by atoms with E-state index in [4.69, 9.17) is 4.74 Å². The van der Waals surface area contributed by atoms with Gasteiger partial charge in [0, 0.05) is 49.8 Å². The molecule has 0 atom stereocenters. The standard InChI is InChI=1S/C17H22N4O/c1-14-3-4-15(17-19-5-2-6-20-17)16(13-14)18-7-8-21-9-11-22-12-10-21/h2-6,13,18H,7-12H2,1H3. The molecule has 0 unspecified atom stereocenters. The summed E-state index contributed by atoms with van der Waals surface area (Å²) in [6.07, 6.45) is 3.55. The van der Waals surface area contributed by atoms with Gasteiger partial charge in [-0.15, -0.1) is 0 Å². The number of nitrogens with one attached hydrogen (secondary N) is 1. The quantitative estimate of drug-likeness (QED) is 0.917. The maximum absolute atomic E-state index is 5.38. The molecule has 5 nitrogen and oxygen atoms in total. The Labute approximate surface area is 131 Å². The van der Waals surface area contributed by atoms with Crippen molar-refractivity contribution in [1.29, 1.82) is 0 Å². The van der Waals surface area contributed by atoms with E-state index < -0.39 is 0 Å². The molecule has 0 amide bonds. The van der Waals surface area contributed by atoms with E-state index in [1.54, 1.807) is 12.4 Å². The Morgan fingerprint density at radius 2 is 1.95 bits per heavy atom. The molecule has 0 saturated carbocycles. The highest BCUT2D eigenvalue weighted by atomic mass is 16.5. The summed E-state index contributed by atoms with van der Waals surface area (Å²) < 4.78 is 5.38. The van der Waals surface area contributed by atoms with Gasteiger partial charge in [0.2, 0.25) is 0 Å². The van der Waals surface area contributed by atoms with Crippen LogP contribution in [0.5, 0.6) is 0 Å². The molecule has 1 aliphatic heterocycles. The van der Waals surface area contributed by atoms with Crippen LogP contribution in [0.1, 0.15) is 5.56 Å². The van der Waals surface area contributed by atoms with E-state index in [0.717, 1.165) is 56.5 Å². The van der Waals surface area contributed by atoms with Crippen molar-refractivity contribution in [2.24, 2.45) is 0 Å². The average Bonchev–Trinajstić information content (AvgIpc) is 2.57. The van der Waals surface area contributed by atoms with Gasteiger partial charge in [-0.05, 0) is 30.7 Å². The summed E-state index contributed by atoms with van der Waals surface area (Å²) in [4.78, 5) is 11.1. The van der Waals surface area contributed by atoms with E-state index in [1.807, 2.05) is 6.07 Å². The molecule has 5 heteroatoms. The lowest BCUT2D eigenvalue weighted by atomic mass is 10.1. The minimum atomic E-state index is 0.761. The fraction of sp³-hybridized carbons (Fsp3) is 0.412. The van der Waals surface area contributed by atoms with E-state index in [1.165, 1.54) is 5.56 Å². The number of ether oxygens (including phenoxy) is 1. The zero-order valence-corrected chi connectivity index (χ0v) is 13.0. The van der Waals surface area contributed by atoms with Gasteiger partial charge in [0.15, 0.2) is 5.82 Å². The molecule has 116 valence electrons. The van der Waals surface area contributed by atoms with E-state index in [2.05, 4.69) is 45.3 Å². The minimum Gasteiger partial charge on any atom is -0.383 e. The Hall–Kier alpha value is -1.98. The monoisotopic (exact) mass is 298 g/mol. The summed E-state index contributed by atoms with van der Waals surface area (Å²) >= 11 is 0. The summed E-state index contributed by atoms with van der Waals surface area (Å²) in [5.74, 6) is 0.761. The fourth-order valence-corrected chi connectivity index (χ4v) is 2.61. The lowest BCUT2D eigenvalue weighted by molar-refractivity contribution is 0.0398. The molecule has 0 radical (unpaired) electrons. The van der Waals surface area contributed by atoms with Crippen molar-refractivity contribution >= 4 is 5.69 Å². The van der Waals surface area contributed by atoms with Crippen molar-refractivity contribution in [2.75, 3.05) is 44.7 Å². The van der Waals surface area contributed by atoms with Crippen LogP contribution < -0.4 is 5.32 Å². The van der Waals surface area contributed by atoms with Gasteiger partial charge in [-0.3, -0.25) is 4.90 Å². The first-order valence-corrected chi connectivity index (χ1v) is 7.75. The van der Waals surface area contributed by atoms with E-state index in [9.17, 15) is 0 Å². The minimum absolute atomic E-state index is 0.761. The maximum atomic E-state index is 5.38. The van der Waals surface area contributed by atoms with Gasteiger partial charge < -0.3 is 10.1 Å². The van der Waals surface area contributed by atoms with Crippen molar-refractivity contribution in [3.63, 3.8) is 0 Å². The van der Waals surface area contributed by atoms with E-state index in [0.29, 0.717) is 0 Å². The second-order valence-electron chi connectivity index (χ2n) is 5.50. The van der Waals surface area contributed by atoms with Crippen LogP contribution >= 0.6 is 0 Å². The van der Waals surface area contributed by atoms with Gasteiger partial charge in [-0.25, -0.2) is 9.97 Å². The Kier molecular flexibility index (Phi) is 4.98. The number of hydrogen-bond acceptors (Lipinski definition) is 5. The van der Waals surface area contributed by atoms with Crippen LogP contribution in [0.15, 0.2) is 36.7 Å². The molecule has 1 aromatic carbocycles. The van der Waals surface area contributed by atoms with Crippen LogP contribution in [-0.4, -0.2) is 54.3 Å². The number of aryl methyl sites for hydroxylation is 1. The summed E-state index contributed by atoms with van der Waals surface area (Å²) in [6.45, 7) is 7.74. The summed E-state index contributed by atoms with van der Waals surface area (Å²) in [7, 11) is 0. The van der Waals surface area contributed by atoms with Crippen LogP contribution in [0.25, 0.3) is 11.4 Å². The molecule has 1 saturated heterocycles. The van der Waals surface area contributed by atoms with Crippen LogP contribution in [0.3, 0.4) is 0 Å². The third-order valence-electron chi connectivity index (χ3n) is 3.83. The van der Waals surface area contributed by atoms with Crippen molar-refractivity contribution in [3.8, 4) is 11.4 Å². The van der Waals surface area contributed by atoms with Crippen LogP contribution in [0, 0.1) is 6.92 Å².